The average molecular weight is 313 g/mol. The summed E-state index contributed by atoms with van der Waals surface area (Å²) < 4.78 is 61.1. The summed E-state index contributed by atoms with van der Waals surface area (Å²) in [6, 6.07) is 1.93. The zero-order chi connectivity index (χ0) is 14.1. The highest BCUT2D eigenvalue weighted by atomic mass is 32.2. The zero-order valence-corrected chi connectivity index (χ0v) is 11.7. The molecule has 1 unspecified atom stereocenters. The van der Waals surface area contributed by atoms with Crippen LogP contribution in [0, 0.1) is 0 Å². The van der Waals surface area contributed by atoms with Crippen molar-refractivity contribution in [3.05, 3.63) is 22.4 Å². The fourth-order valence-electron chi connectivity index (χ4n) is 2.13. The lowest BCUT2D eigenvalue weighted by Crippen LogP contribution is -2.32. The zero-order valence-electron chi connectivity index (χ0n) is 10.1. The number of hydrogen-bond acceptors (Lipinski definition) is 3. The summed E-state index contributed by atoms with van der Waals surface area (Å²) in [5, 5.41) is 3.87. The fraction of sp³-hybridized carbons (Fsp3) is 0.636. The SMILES string of the molecule is O=S(=O)(CCC(F)(F)F)N1CCC(c2ccsc2)C1. The highest BCUT2D eigenvalue weighted by molar-refractivity contribution is 7.89. The van der Waals surface area contributed by atoms with E-state index >= 15 is 0 Å². The topological polar surface area (TPSA) is 37.4 Å². The number of hydrogen-bond donors (Lipinski definition) is 0. The molecular formula is C11H14F3NO2S2. The summed E-state index contributed by atoms with van der Waals surface area (Å²) in [6.07, 6.45) is -5.05. The molecule has 8 heteroatoms. The van der Waals surface area contributed by atoms with E-state index in [0.717, 1.165) is 5.56 Å². The monoisotopic (exact) mass is 313 g/mol. The highest BCUT2D eigenvalue weighted by Crippen LogP contribution is 2.31. The lowest BCUT2D eigenvalue weighted by atomic mass is 10.0. The fourth-order valence-corrected chi connectivity index (χ4v) is 4.41. The van der Waals surface area contributed by atoms with Crippen molar-refractivity contribution in [2.45, 2.75) is 24.9 Å². The summed E-state index contributed by atoms with van der Waals surface area (Å²) in [6.45, 7) is 0.595. The first-order chi connectivity index (χ1) is 8.78. The van der Waals surface area contributed by atoms with Crippen LogP contribution in [0.1, 0.15) is 24.3 Å². The molecule has 19 heavy (non-hydrogen) atoms. The van der Waals surface area contributed by atoms with Gasteiger partial charge in [0.2, 0.25) is 10.0 Å². The molecule has 0 aliphatic carbocycles. The molecule has 2 rings (SSSR count). The summed E-state index contributed by atoms with van der Waals surface area (Å²) >= 11 is 1.53. The van der Waals surface area contributed by atoms with E-state index in [-0.39, 0.29) is 12.5 Å². The predicted molar refractivity (Wildman–Crippen MR) is 67.7 cm³/mol. The maximum atomic E-state index is 12.1. The molecule has 2 heterocycles. The first-order valence-electron chi connectivity index (χ1n) is 5.84. The van der Waals surface area contributed by atoms with E-state index in [1.54, 1.807) is 0 Å². The molecule has 1 aromatic rings. The van der Waals surface area contributed by atoms with Crippen molar-refractivity contribution in [1.29, 1.82) is 0 Å². The van der Waals surface area contributed by atoms with Gasteiger partial charge in [-0.15, -0.1) is 0 Å². The molecule has 0 bridgehead atoms. The van der Waals surface area contributed by atoms with Crippen LogP contribution in [-0.4, -0.2) is 37.7 Å². The standard InChI is InChI=1S/C11H14F3NO2S2/c12-11(13,14)3-6-19(16,17)15-4-1-9(7-15)10-2-5-18-8-10/h2,5,8-9H,1,3-4,6-7H2. The Kier molecular flexibility index (Phi) is 4.22. The van der Waals surface area contributed by atoms with Gasteiger partial charge in [0.1, 0.15) is 0 Å². The van der Waals surface area contributed by atoms with Crippen molar-refractivity contribution in [2.24, 2.45) is 0 Å². The smallest absolute Gasteiger partial charge is 0.212 e. The van der Waals surface area contributed by atoms with Crippen LogP contribution in [-0.2, 0) is 10.0 Å². The number of rotatable bonds is 4. The van der Waals surface area contributed by atoms with Crippen molar-refractivity contribution in [1.82, 2.24) is 4.31 Å². The van der Waals surface area contributed by atoms with Crippen LogP contribution in [0.5, 0.6) is 0 Å². The van der Waals surface area contributed by atoms with Gasteiger partial charge in [-0.3, -0.25) is 0 Å². The first kappa shape index (κ1) is 14.8. The molecule has 3 nitrogen and oxygen atoms in total. The highest BCUT2D eigenvalue weighted by Gasteiger charge is 2.36. The van der Waals surface area contributed by atoms with Crippen LogP contribution in [0.25, 0.3) is 0 Å². The summed E-state index contributed by atoms with van der Waals surface area (Å²) in [5.41, 5.74) is 1.07. The lowest BCUT2D eigenvalue weighted by Gasteiger charge is -2.17. The predicted octanol–water partition coefficient (Wildman–Crippen LogP) is 2.82. The molecule has 0 N–H and O–H groups in total. The second-order valence-corrected chi connectivity index (χ2v) is 7.45. The van der Waals surface area contributed by atoms with Gasteiger partial charge in [0, 0.05) is 13.1 Å². The second-order valence-electron chi connectivity index (χ2n) is 4.58. The Morgan fingerprint density at radius 3 is 2.74 bits per heavy atom. The van der Waals surface area contributed by atoms with Gasteiger partial charge in [0.25, 0.3) is 0 Å². The van der Waals surface area contributed by atoms with E-state index in [1.807, 2.05) is 16.8 Å². The van der Waals surface area contributed by atoms with E-state index in [2.05, 4.69) is 0 Å². The Morgan fingerprint density at radius 1 is 1.42 bits per heavy atom. The maximum absolute atomic E-state index is 12.1. The van der Waals surface area contributed by atoms with Crippen LogP contribution in [0.3, 0.4) is 0 Å². The Hall–Kier alpha value is -0.600. The van der Waals surface area contributed by atoms with Crippen LogP contribution in [0.15, 0.2) is 16.8 Å². The van der Waals surface area contributed by atoms with Gasteiger partial charge in [-0.1, -0.05) is 0 Å². The molecule has 0 spiro atoms. The number of halogens is 3. The lowest BCUT2D eigenvalue weighted by molar-refractivity contribution is -0.130. The van der Waals surface area contributed by atoms with E-state index in [9.17, 15) is 21.6 Å². The van der Waals surface area contributed by atoms with E-state index in [4.69, 9.17) is 0 Å². The number of alkyl halides is 3. The van der Waals surface area contributed by atoms with Gasteiger partial charge in [-0.2, -0.15) is 24.5 Å². The van der Waals surface area contributed by atoms with E-state index < -0.39 is 28.4 Å². The van der Waals surface area contributed by atoms with E-state index in [1.165, 1.54) is 15.6 Å². The summed E-state index contributed by atoms with van der Waals surface area (Å²) in [5.74, 6) is -0.751. The Labute approximate surface area is 114 Å². The number of thiophene rings is 1. The van der Waals surface area contributed by atoms with Crippen molar-refractivity contribution in [3.63, 3.8) is 0 Å². The van der Waals surface area contributed by atoms with Gasteiger partial charge in [-0.05, 0) is 34.7 Å². The molecule has 1 aromatic heterocycles. The maximum Gasteiger partial charge on any atom is 0.390 e. The van der Waals surface area contributed by atoms with Crippen LogP contribution in [0.4, 0.5) is 13.2 Å². The minimum Gasteiger partial charge on any atom is -0.212 e. The minimum absolute atomic E-state index is 0.104. The summed E-state index contributed by atoms with van der Waals surface area (Å²) in [4.78, 5) is 0. The quantitative estimate of drug-likeness (QED) is 0.857. The molecule has 0 saturated carbocycles. The molecule has 0 aromatic carbocycles. The molecule has 1 fully saturated rings. The third kappa shape index (κ3) is 3.93. The molecule has 0 radical (unpaired) electrons. The third-order valence-corrected chi connectivity index (χ3v) is 5.74. The van der Waals surface area contributed by atoms with Gasteiger partial charge in [0.15, 0.2) is 0 Å². The molecule has 1 atom stereocenters. The van der Waals surface area contributed by atoms with Crippen molar-refractivity contribution in [3.8, 4) is 0 Å². The molecular weight excluding hydrogens is 299 g/mol. The van der Waals surface area contributed by atoms with Crippen LogP contribution < -0.4 is 0 Å². The Morgan fingerprint density at radius 2 is 2.16 bits per heavy atom. The van der Waals surface area contributed by atoms with Gasteiger partial charge >= 0.3 is 6.18 Å². The van der Waals surface area contributed by atoms with Crippen LogP contribution in [0.2, 0.25) is 0 Å². The third-order valence-electron chi connectivity index (χ3n) is 3.20. The average Bonchev–Trinajstić information content (AvgIpc) is 2.96. The molecule has 108 valence electrons. The first-order valence-corrected chi connectivity index (χ1v) is 8.40. The van der Waals surface area contributed by atoms with Gasteiger partial charge < -0.3 is 0 Å². The molecule has 1 saturated heterocycles. The number of sulfonamides is 1. The van der Waals surface area contributed by atoms with Crippen molar-refractivity contribution >= 4 is 21.4 Å². The Bertz CT molecular complexity index is 511. The van der Waals surface area contributed by atoms with Crippen molar-refractivity contribution < 1.29 is 21.6 Å². The van der Waals surface area contributed by atoms with Crippen molar-refractivity contribution in [2.75, 3.05) is 18.8 Å². The van der Waals surface area contributed by atoms with Gasteiger partial charge in [-0.25, -0.2) is 12.7 Å². The minimum atomic E-state index is -4.43. The molecule has 1 aliphatic heterocycles. The van der Waals surface area contributed by atoms with E-state index in [0.29, 0.717) is 13.0 Å². The summed E-state index contributed by atoms with van der Waals surface area (Å²) in [7, 11) is -3.80. The molecule has 0 amide bonds. The molecule has 1 aliphatic rings. The largest absolute Gasteiger partial charge is 0.390 e. The normalized spacial score (nSPS) is 21.9. The van der Waals surface area contributed by atoms with Crippen LogP contribution >= 0.6 is 11.3 Å². The van der Waals surface area contributed by atoms with Gasteiger partial charge in [0.05, 0.1) is 12.2 Å². The number of nitrogens with zero attached hydrogens (tertiary/aromatic N) is 1. The Balaban J connectivity index is 1.96. The second kappa shape index (κ2) is 5.41.